The van der Waals surface area contributed by atoms with Gasteiger partial charge in [-0.2, -0.15) is 5.26 Å². The molecule has 2 aromatic carbocycles. The third kappa shape index (κ3) is 5.15. The van der Waals surface area contributed by atoms with E-state index in [0.717, 1.165) is 11.8 Å². The van der Waals surface area contributed by atoms with E-state index in [1.54, 1.807) is 18.2 Å². The number of hydrogen-bond donors (Lipinski definition) is 1. The number of nitriles is 1. The van der Waals surface area contributed by atoms with E-state index in [0.29, 0.717) is 36.9 Å². The number of rotatable bonds is 3. The number of nitrogens with one attached hydrogen (secondary N) is 1. The van der Waals surface area contributed by atoms with Gasteiger partial charge < -0.3 is 15.1 Å². The van der Waals surface area contributed by atoms with Crippen molar-refractivity contribution in [3.8, 4) is 6.07 Å². The number of benzene rings is 2. The number of carbonyl (C=O) groups excluding carboxylic acids is 2. The first-order valence-electron chi connectivity index (χ1n) is 9.95. The smallest absolute Gasteiger partial charge is 0.258 e. The van der Waals surface area contributed by atoms with Crippen LogP contribution in [0.4, 0.5) is 15.8 Å². The van der Waals surface area contributed by atoms with Crippen molar-refractivity contribution >= 4 is 34.8 Å². The van der Waals surface area contributed by atoms with E-state index in [1.165, 1.54) is 12.1 Å². The number of amides is 2. The van der Waals surface area contributed by atoms with Crippen molar-refractivity contribution in [1.82, 2.24) is 4.90 Å². The third-order valence-corrected chi connectivity index (χ3v) is 5.40. The molecule has 2 amide bonds. The first-order chi connectivity index (χ1) is 14.6. The fraction of sp³-hybridized carbons (Fsp3) is 0.348. The zero-order valence-electron chi connectivity index (χ0n) is 17.7. The van der Waals surface area contributed by atoms with Gasteiger partial charge in [0.05, 0.1) is 27.9 Å². The first-order valence-corrected chi connectivity index (χ1v) is 10.3. The Labute approximate surface area is 186 Å². The lowest BCUT2D eigenvalue weighted by Gasteiger charge is -2.39. The number of halogens is 2. The molecule has 1 fully saturated rings. The molecule has 1 aliphatic rings. The molecule has 1 aliphatic heterocycles. The van der Waals surface area contributed by atoms with Crippen LogP contribution in [0.25, 0.3) is 0 Å². The summed E-state index contributed by atoms with van der Waals surface area (Å²) in [6.45, 7) is 8.28. The first kappa shape index (κ1) is 22.6. The van der Waals surface area contributed by atoms with E-state index in [2.05, 4.69) is 10.2 Å². The van der Waals surface area contributed by atoms with E-state index >= 15 is 0 Å². The molecular formula is C23H24ClFN4O2. The van der Waals surface area contributed by atoms with Gasteiger partial charge in [0.2, 0.25) is 5.91 Å². The average Bonchev–Trinajstić information content (AvgIpc) is 2.72. The topological polar surface area (TPSA) is 76.4 Å². The van der Waals surface area contributed by atoms with E-state index in [9.17, 15) is 14.0 Å². The van der Waals surface area contributed by atoms with Crippen molar-refractivity contribution in [1.29, 1.82) is 5.26 Å². The van der Waals surface area contributed by atoms with E-state index in [4.69, 9.17) is 16.9 Å². The number of carbonyl (C=O) groups is 2. The molecule has 2 aromatic rings. The highest BCUT2D eigenvalue weighted by molar-refractivity contribution is 6.33. The standard InChI is InChI=1S/C23H24ClFN4O2/c1-23(2,3)22(31)29-10-8-28(9-11-29)20-7-5-16(13-18(20)24)27-21(30)17-6-4-15(14-26)12-19(17)25/h4-7,12-13H,8-11H2,1-3H3,(H,27,30). The number of anilines is 2. The Morgan fingerprint density at radius 3 is 2.32 bits per heavy atom. The van der Waals surface area contributed by atoms with Crippen molar-refractivity contribution in [3.05, 3.63) is 58.4 Å². The fourth-order valence-corrected chi connectivity index (χ4v) is 3.73. The molecule has 3 rings (SSSR count). The Morgan fingerprint density at radius 1 is 1.10 bits per heavy atom. The molecule has 1 N–H and O–H groups in total. The molecule has 0 bridgehead atoms. The van der Waals surface area contributed by atoms with Gasteiger partial charge >= 0.3 is 0 Å². The summed E-state index contributed by atoms with van der Waals surface area (Å²) in [6.07, 6.45) is 0. The third-order valence-electron chi connectivity index (χ3n) is 5.10. The van der Waals surface area contributed by atoms with Crippen molar-refractivity contribution in [2.75, 3.05) is 36.4 Å². The van der Waals surface area contributed by atoms with Gasteiger partial charge in [0, 0.05) is 37.3 Å². The van der Waals surface area contributed by atoms with Gasteiger partial charge in [-0.1, -0.05) is 32.4 Å². The maximum Gasteiger partial charge on any atom is 0.258 e. The largest absolute Gasteiger partial charge is 0.367 e. The van der Waals surface area contributed by atoms with Crippen LogP contribution in [0.1, 0.15) is 36.7 Å². The predicted molar refractivity (Wildman–Crippen MR) is 119 cm³/mol. The minimum absolute atomic E-state index is 0.131. The number of nitrogens with zero attached hydrogens (tertiary/aromatic N) is 3. The molecule has 0 atom stereocenters. The van der Waals surface area contributed by atoms with E-state index < -0.39 is 17.1 Å². The molecule has 162 valence electrons. The minimum atomic E-state index is -0.762. The van der Waals surface area contributed by atoms with Crippen LogP contribution in [0.5, 0.6) is 0 Å². The summed E-state index contributed by atoms with van der Waals surface area (Å²) >= 11 is 6.45. The summed E-state index contributed by atoms with van der Waals surface area (Å²) in [5, 5.41) is 11.9. The van der Waals surface area contributed by atoms with Crippen molar-refractivity contribution in [2.45, 2.75) is 20.8 Å². The number of hydrogen-bond acceptors (Lipinski definition) is 4. The summed E-state index contributed by atoms with van der Waals surface area (Å²) < 4.78 is 14.1. The minimum Gasteiger partial charge on any atom is -0.367 e. The molecule has 1 heterocycles. The maximum atomic E-state index is 14.1. The van der Waals surface area contributed by atoms with Gasteiger partial charge in [-0.05, 0) is 36.4 Å². The van der Waals surface area contributed by atoms with Crippen molar-refractivity contribution in [3.63, 3.8) is 0 Å². The predicted octanol–water partition coefficient (Wildman–Crippen LogP) is 4.30. The quantitative estimate of drug-likeness (QED) is 0.768. The molecule has 0 aliphatic carbocycles. The molecule has 1 saturated heterocycles. The summed E-state index contributed by atoms with van der Waals surface area (Å²) in [6, 6.07) is 10.6. The Kier molecular flexibility index (Phi) is 6.51. The van der Waals surface area contributed by atoms with Gasteiger partial charge in [-0.3, -0.25) is 9.59 Å². The summed E-state index contributed by atoms with van der Waals surface area (Å²) in [7, 11) is 0. The van der Waals surface area contributed by atoms with Gasteiger partial charge in [0.25, 0.3) is 5.91 Å². The second kappa shape index (κ2) is 8.94. The zero-order chi connectivity index (χ0) is 22.8. The molecule has 8 heteroatoms. The lowest BCUT2D eigenvalue weighted by atomic mass is 9.94. The van der Waals surface area contributed by atoms with Crippen LogP contribution in [0.15, 0.2) is 36.4 Å². The highest BCUT2D eigenvalue weighted by Gasteiger charge is 2.30. The molecule has 6 nitrogen and oxygen atoms in total. The van der Waals surface area contributed by atoms with E-state index in [1.807, 2.05) is 31.7 Å². The van der Waals surface area contributed by atoms with Crippen molar-refractivity contribution < 1.29 is 14.0 Å². The van der Waals surface area contributed by atoms with E-state index in [-0.39, 0.29) is 17.0 Å². The molecule has 31 heavy (non-hydrogen) atoms. The lowest BCUT2D eigenvalue weighted by Crippen LogP contribution is -2.51. The number of piperazine rings is 1. The second-order valence-electron chi connectivity index (χ2n) is 8.46. The second-order valence-corrected chi connectivity index (χ2v) is 8.86. The molecule has 0 radical (unpaired) electrons. The van der Waals surface area contributed by atoms with Crippen LogP contribution >= 0.6 is 11.6 Å². The molecule has 0 spiro atoms. The average molecular weight is 443 g/mol. The molecule has 0 unspecified atom stereocenters. The van der Waals surface area contributed by atoms with Crippen LogP contribution in [0.2, 0.25) is 5.02 Å². The fourth-order valence-electron chi connectivity index (χ4n) is 3.43. The Morgan fingerprint density at radius 2 is 1.77 bits per heavy atom. The molecule has 0 saturated carbocycles. The summed E-state index contributed by atoms with van der Waals surface area (Å²) in [5.41, 5.74) is 0.828. The SMILES string of the molecule is CC(C)(C)C(=O)N1CCN(c2ccc(NC(=O)c3ccc(C#N)cc3F)cc2Cl)CC1. The van der Waals surface area contributed by atoms with Crippen LogP contribution in [-0.2, 0) is 4.79 Å². The maximum absolute atomic E-state index is 14.1. The van der Waals surface area contributed by atoms with Gasteiger partial charge in [-0.25, -0.2) is 4.39 Å². The Hall–Kier alpha value is -3.11. The van der Waals surface area contributed by atoms with Crippen LogP contribution in [0, 0.1) is 22.6 Å². The van der Waals surface area contributed by atoms with Crippen LogP contribution in [-0.4, -0.2) is 42.9 Å². The highest BCUT2D eigenvalue weighted by Crippen LogP contribution is 2.30. The van der Waals surface area contributed by atoms with Gasteiger partial charge in [-0.15, -0.1) is 0 Å². The zero-order valence-corrected chi connectivity index (χ0v) is 18.5. The van der Waals surface area contributed by atoms with Crippen molar-refractivity contribution in [2.24, 2.45) is 5.41 Å². The van der Waals surface area contributed by atoms with Gasteiger partial charge in [0.15, 0.2) is 0 Å². The van der Waals surface area contributed by atoms with Gasteiger partial charge in [0.1, 0.15) is 5.82 Å². The highest BCUT2D eigenvalue weighted by atomic mass is 35.5. The molecular weight excluding hydrogens is 419 g/mol. The lowest BCUT2D eigenvalue weighted by molar-refractivity contribution is -0.139. The van der Waals surface area contributed by atoms with Crippen LogP contribution in [0.3, 0.4) is 0 Å². The Bertz CT molecular complexity index is 1050. The molecule has 0 aromatic heterocycles. The Balaban J connectivity index is 1.66. The normalized spacial score (nSPS) is 14.2. The monoisotopic (exact) mass is 442 g/mol. The summed E-state index contributed by atoms with van der Waals surface area (Å²) in [4.78, 5) is 28.8. The van der Waals surface area contributed by atoms with Crippen LogP contribution < -0.4 is 10.2 Å². The summed E-state index contributed by atoms with van der Waals surface area (Å²) in [5.74, 6) is -1.26.